The minimum Gasteiger partial charge on any atom is -0.459 e. The topological polar surface area (TPSA) is 168 Å². The molecule has 0 amide bonds. The van der Waals surface area contributed by atoms with Crippen LogP contribution in [0.5, 0.6) is 0 Å². The maximum atomic E-state index is 13.2. The summed E-state index contributed by atoms with van der Waals surface area (Å²) in [6.45, 7) is 14.1. The molecule has 1 aromatic rings. The summed E-state index contributed by atoms with van der Waals surface area (Å²) >= 11 is 0. The minimum atomic E-state index is -1.95. The molecule has 0 aromatic heterocycles. The fraction of sp³-hybridized carbons (Fsp3) is 0.345. The summed E-state index contributed by atoms with van der Waals surface area (Å²) in [5.74, 6) is -2.12. The second kappa shape index (κ2) is 17.6. The van der Waals surface area contributed by atoms with Gasteiger partial charge in [0.25, 0.3) is 0 Å². The fourth-order valence-electron chi connectivity index (χ4n) is 3.49. The second-order valence-corrected chi connectivity index (χ2v) is 8.36. The summed E-state index contributed by atoms with van der Waals surface area (Å²) in [6, 6.07) is 6.34. The Hall–Kier alpha value is -5.11. The number of hydrogen-bond donors (Lipinski definition) is 0. The van der Waals surface area contributed by atoms with E-state index in [1.165, 1.54) is 30.4 Å². The Morgan fingerprint density at radius 2 is 1.14 bits per heavy atom. The lowest BCUT2D eigenvalue weighted by Crippen LogP contribution is -2.64. The van der Waals surface area contributed by atoms with Crippen LogP contribution in [0.4, 0.5) is 14.4 Å². The van der Waals surface area contributed by atoms with Crippen molar-refractivity contribution in [2.24, 2.45) is 0 Å². The smallest absolute Gasteiger partial charge is 0.459 e. The van der Waals surface area contributed by atoms with Gasteiger partial charge >= 0.3 is 30.4 Å². The van der Waals surface area contributed by atoms with Gasteiger partial charge in [0.2, 0.25) is 12.4 Å². The summed E-state index contributed by atoms with van der Waals surface area (Å²) in [5, 5.41) is 0. The maximum Gasteiger partial charge on any atom is 0.509 e. The van der Waals surface area contributed by atoms with Crippen LogP contribution in [0.1, 0.15) is 15.9 Å². The minimum absolute atomic E-state index is 0.0964. The first-order chi connectivity index (χ1) is 20.7. The van der Waals surface area contributed by atoms with Crippen molar-refractivity contribution in [3.05, 3.63) is 86.0 Å². The first-order valence-corrected chi connectivity index (χ1v) is 12.7. The predicted molar refractivity (Wildman–Crippen MR) is 146 cm³/mol. The molecule has 0 radical (unpaired) electrons. The van der Waals surface area contributed by atoms with Crippen molar-refractivity contribution in [1.29, 1.82) is 0 Å². The van der Waals surface area contributed by atoms with Gasteiger partial charge in [0.15, 0.2) is 18.3 Å². The lowest BCUT2D eigenvalue weighted by molar-refractivity contribution is -0.283. The highest BCUT2D eigenvalue weighted by atomic mass is 16.8. The number of aryl methyl sites for hydroxylation is 1. The Kier molecular flexibility index (Phi) is 14.0. The van der Waals surface area contributed by atoms with E-state index >= 15 is 0 Å². The maximum absolute atomic E-state index is 13.2. The van der Waals surface area contributed by atoms with E-state index in [1.807, 2.05) is 0 Å². The molecule has 5 atom stereocenters. The Balaban J connectivity index is 2.61. The zero-order valence-corrected chi connectivity index (χ0v) is 23.4. The van der Waals surface area contributed by atoms with Crippen LogP contribution in [0.25, 0.3) is 0 Å². The summed E-state index contributed by atoms with van der Waals surface area (Å²) in [4.78, 5) is 63.8. The van der Waals surface area contributed by atoms with Gasteiger partial charge in [-0.1, -0.05) is 68.8 Å². The largest absolute Gasteiger partial charge is 0.509 e. The van der Waals surface area contributed by atoms with Crippen molar-refractivity contribution in [3.63, 3.8) is 0 Å². The van der Waals surface area contributed by atoms with E-state index in [4.69, 9.17) is 42.6 Å². The lowest BCUT2D eigenvalue weighted by atomic mass is 9.98. The van der Waals surface area contributed by atoms with Crippen molar-refractivity contribution in [2.75, 3.05) is 26.4 Å². The third kappa shape index (κ3) is 10.3. The van der Waals surface area contributed by atoms with Crippen molar-refractivity contribution in [2.45, 2.75) is 37.6 Å². The van der Waals surface area contributed by atoms with E-state index in [2.05, 4.69) is 26.3 Å². The molecule has 14 heteroatoms. The van der Waals surface area contributed by atoms with Crippen LogP contribution in [0, 0.1) is 6.92 Å². The summed E-state index contributed by atoms with van der Waals surface area (Å²) < 4.78 is 46.8. The van der Waals surface area contributed by atoms with Crippen molar-refractivity contribution in [1.82, 2.24) is 0 Å². The highest BCUT2D eigenvalue weighted by Crippen LogP contribution is 2.31. The predicted octanol–water partition coefficient (Wildman–Crippen LogP) is 3.73. The van der Waals surface area contributed by atoms with E-state index in [1.54, 1.807) is 25.1 Å². The molecule has 1 aliphatic heterocycles. The SMILES string of the molecule is C=CCOC(=O)O[C@@H]1[C@@H](OC(=O)OCC=C)[C@H](OC(=O)c2ccccc2C)O[C@H](C(=O)OCC=C)[C@H]1OC(=O)OCC=C. The number of hydrogen-bond acceptors (Lipinski definition) is 14. The van der Waals surface area contributed by atoms with Gasteiger partial charge in [0.05, 0.1) is 5.56 Å². The summed E-state index contributed by atoms with van der Waals surface area (Å²) in [7, 11) is 0. The Labute approximate surface area is 247 Å². The van der Waals surface area contributed by atoms with Gasteiger partial charge in [-0.05, 0) is 18.6 Å². The third-order valence-corrected chi connectivity index (χ3v) is 5.31. The molecular formula is C29H32O14. The van der Waals surface area contributed by atoms with Gasteiger partial charge in [-0.3, -0.25) is 0 Å². The molecule has 43 heavy (non-hydrogen) atoms. The molecule has 0 saturated carbocycles. The van der Waals surface area contributed by atoms with E-state index in [9.17, 15) is 24.0 Å². The first-order valence-electron chi connectivity index (χ1n) is 12.7. The molecule has 1 saturated heterocycles. The van der Waals surface area contributed by atoms with Gasteiger partial charge in [-0.2, -0.15) is 0 Å². The fourth-order valence-corrected chi connectivity index (χ4v) is 3.49. The van der Waals surface area contributed by atoms with Gasteiger partial charge in [-0.15, -0.1) is 0 Å². The Morgan fingerprint density at radius 3 is 1.65 bits per heavy atom. The molecule has 1 heterocycles. The average Bonchev–Trinajstić information content (AvgIpc) is 2.99. The van der Waals surface area contributed by atoms with Crippen LogP contribution < -0.4 is 0 Å². The molecule has 1 aliphatic rings. The van der Waals surface area contributed by atoms with E-state index in [0.717, 1.165) is 0 Å². The lowest BCUT2D eigenvalue weighted by Gasteiger charge is -2.42. The van der Waals surface area contributed by atoms with Gasteiger partial charge in [0, 0.05) is 0 Å². The van der Waals surface area contributed by atoms with Crippen molar-refractivity contribution in [3.8, 4) is 0 Å². The molecule has 0 bridgehead atoms. The molecule has 1 fully saturated rings. The van der Waals surface area contributed by atoms with Gasteiger partial charge < -0.3 is 42.6 Å². The van der Waals surface area contributed by atoms with Gasteiger partial charge in [0.1, 0.15) is 26.4 Å². The van der Waals surface area contributed by atoms with Crippen LogP contribution >= 0.6 is 0 Å². The van der Waals surface area contributed by atoms with E-state index < -0.39 is 61.1 Å². The quantitative estimate of drug-likeness (QED) is 0.171. The standard InChI is InChI=1S/C29H32O14/c1-6-14-35-25(31)22-20(40-27(32)36-15-7-2)21(41-28(33)37-16-8-3)23(42-29(34)38-17-9-4)26(39-22)43-24(30)19-13-11-10-12-18(19)5/h6-13,20-23,26H,1-4,14-17H2,5H3/t20-,21-,22-,23+,26-/m0/s1. The number of carbonyl (C=O) groups excluding carboxylic acids is 5. The molecule has 2 rings (SSSR count). The summed E-state index contributed by atoms with van der Waals surface area (Å²) in [6.07, 6.45) is -8.73. The van der Waals surface area contributed by atoms with Crippen LogP contribution in [-0.4, -0.2) is 87.5 Å². The van der Waals surface area contributed by atoms with Crippen molar-refractivity contribution < 1.29 is 66.6 Å². The van der Waals surface area contributed by atoms with Gasteiger partial charge in [-0.25, -0.2) is 24.0 Å². The molecule has 0 aliphatic carbocycles. The number of benzene rings is 1. The molecule has 232 valence electrons. The highest BCUT2D eigenvalue weighted by molar-refractivity contribution is 5.91. The number of ether oxygens (including phenoxy) is 9. The first kappa shape index (κ1) is 34.1. The molecule has 0 spiro atoms. The van der Waals surface area contributed by atoms with Crippen LogP contribution in [0.3, 0.4) is 0 Å². The zero-order valence-electron chi connectivity index (χ0n) is 23.4. The van der Waals surface area contributed by atoms with Crippen LogP contribution in [0.2, 0.25) is 0 Å². The molecular weight excluding hydrogens is 572 g/mol. The monoisotopic (exact) mass is 604 g/mol. The third-order valence-electron chi connectivity index (χ3n) is 5.31. The van der Waals surface area contributed by atoms with Crippen molar-refractivity contribution >= 4 is 30.4 Å². The average molecular weight is 605 g/mol. The number of carbonyl (C=O) groups is 5. The van der Waals surface area contributed by atoms with Crippen LogP contribution in [0.15, 0.2) is 74.9 Å². The van der Waals surface area contributed by atoms with Crippen LogP contribution in [-0.2, 0) is 47.4 Å². The molecule has 14 nitrogen and oxygen atoms in total. The molecule has 0 unspecified atom stereocenters. The van der Waals surface area contributed by atoms with E-state index in [-0.39, 0.29) is 32.0 Å². The second-order valence-electron chi connectivity index (χ2n) is 8.36. The zero-order chi connectivity index (χ0) is 31.8. The number of esters is 2. The Morgan fingerprint density at radius 1 is 0.674 bits per heavy atom. The molecule has 1 aromatic carbocycles. The van der Waals surface area contributed by atoms with E-state index in [0.29, 0.717) is 5.56 Å². The highest BCUT2D eigenvalue weighted by Gasteiger charge is 2.57. The number of rotatable bonds is 14. The summed E-state index contributed by atoms with van der Waals surface area (Å²) in [5.41, 5.74) is 0.610. The normalized spacial score (nSPS) is 20.6. The molecule has 0 N–H and O–H groups in total. The Bertz CT molecular complexity index is 1190.